The Hall–Kier alpha value is -2.38. The largest absolute Gasteiger partial charge is 0.364 e. The molecule has 7 nitrogen and oxygen atoms in total. The molecule has 0 aliphatic rings. The first-order valence-electron chi connectivity index (χ1n) is 8.76. The second-order valence-corrected chi connectivity index (χ2v) is 6.87. The predicted octanol–water partition coefficient (Wildman–Crippen LogP) is 3.50. The van der Waals surface area contributed by atoms with E-state index in [9.17, 15) is 0 Å². The Morgan fingerprint density at radius 3 is 2.77 bits per heavy atom. The van der Waals surface area contributed by atoms with Gasteiger partial charge in [0, 0.05) is 18.1 Å². The molecule has 2 heterocycles. The van der Waals surface area contributed by atoms with E-state index in [4.69, 9.17) is 17.3 Å². The molecule has 0 amide bonds. The zero-order valence-corrected chi connectivity index (χ0v) is 15.8. The van der Waals surface area contributed by atoms with Crippen molar-refractivity contribution in [1.29, 1.82) is 0 Å². The van der Waals surface area contributed by atoms with Crippen LogP contribution < -0.4 is 16.4 Å². The quantitative estimate of drug-likeness (QED) is 0.450. The zero-order valence-electron chi connectivity index (χ0n) is 15.0. The smallest absolute Gasteiger partial charge is 0.225 e. The summed E-state index contributed by atoms with van der Waals surface area (Å²) in [5, 5.41) is 14.8. The third kappa shape index (κ3) is 4.23. The lowest BCUT2D eigenvalue weighted by atomic mass is 10.1. The minimum Gasteiger partial charge on any atom is -0.364 e. The molecule has 0 bridgehead atoms. The van der Waals surface area contributed by atoms with Crippen LogP contribution in [-0.2, 0) is 6.54 Å². The van der Waals surface area contributed by atoms with Gasteiger partial charge >= 0.3 is 0 Å². The minimum atomic E-state index is 0.285. The Morgan fingerprint density at radius 2 is 2.04 bits per heavy atom. The molecule has 3 rings (SSSR count). The number of benzene rings is 1. The van der Waals surface area contributed by atoms with Crippen LogP contribution in [-0.4, -0.2) is 33.3 Å². The van der Waals surface area contributed by atoms with Crippen LogP contribution >= 0.6 is 11.6 Å². The van der Waals surface area contributed by atoms with E-state index in [1.807, 2.05) is 24.3 Å². The van der Waals surface area contributed by atoms with Gasteiger partial charge in [-0.2, -0.15) is 10.1 Å². The van der Waals surface area contributed by atoms with Gasteiger partial charge in [0.05, 0.1) is 5.69 Å². The number of H-pyrrole nitrogens is 1. The Bertz CT molecular complexity index is 875. The second-order valence-electron chi connectivity index (χ2n) is 6.44. The molecular formula is C18H24ClN7. The molecule has 3 aromatic rings. The lowest BCUT2D eigenvalue weighted by Crippen LogP contribution is -2.12. The first-order chi connectivity index (χ1) is 12.6. The van der Waals surface area contributed by atoms with Crippen molar-refractivity contribution in [3.8, 4) is 0 Å². The van der Waals surface area contributed by atoms with Crippen molar-refractivity contribution in [2.75, 3.05) is 23.7 Å². The number of anilines is 2. The van der Waals surface area contributed by atoms with E-state index in [-0.39, 0.29) is 5.92 Å². The van der Waals surface area contributed by atoms with E-state index >= 15 is 0 Å². The molecule has 1 aromatic carbocycles. The summed E-state index contributed by atoms with van der Waals surface area (Å²) in [7, 11) is 0. The van der Waals surface area contributed by atoms with Crippen LogP contribution in [0.3, 0.4) is 0 Å². The average molecular weight is 374 g/mol. The number of nitrogens with two attached hydrogens (primary N) is 1. The molecule has 0 radical (unpaired) electrons. The van der Waals surface area contributed by atoms with Crippen LogP contribution in [0.25, 0.3) is 11.0 Å². The summed E-state index contributed by atoms with van der Waals surface area (Å²) in [4.78, 5) is 9.23. The summed E-state index contributed by atoms with van der Waals surface area (Å²) in [5.41, 5.74) is 9.20. The highest BCUT2D eigenvalue weighted by atomic mass is 35.5. The first kappa shape index (κ1) is 18.4. The van der Waals surface area contributed by atoms with Gasteiger partial charge in [0.25, 0.3) is 0 Å². The maximum atomic E-state index is 6.07. The second kappa shape index (κ2) is 8.33. The van der Waals surface area contributed by atoms with Crippen molar-refractivity contribution in [3.63, 3.8) is 0 Å². The van der Waals surface area contributed by atoms with Gasteiger partial charge in [-0.1, -0.05) is 37.6 Å². The normalized spacial score (nSPS) is 11.3. The van der Waals surface area contributed by atoms with Gasteiger partial charge in [-0.3, -0.25) is 5.10 Å². The van der Waals surface area contributed by atoms with Crippen molar-refractivity contribution in [1.82, 2.24) is 20.2 Å². The van der Waals surface area contributed by atoms with Crippen molar-refractivity contribution < 1.29 is 0 Å². The fraction of sp³-hybridized carbons (Fsp3) is 0.389. The third-order valence-electron chi connectivity index (χ3n) is 4.02. The van der Waals surface area contributed by atoms with Crippen LogP contribution in [0.15, 0.2) is 24.3 Å². The molecule has 26 heavy (non-hydrogen) atoms. The molecule has 0 saturated heterocycles. The SMILES string of the molecule is CC(C)c1[nH]nc2c(NCc3cccc(Cl)c3)nc(NCCCN)nc12. The average Bonchev–Trinajstić information content (AvgIpc) is 3.04. The number of nitrogens with one attached hydrogen (secondary N) is 3. The number of nitrogens with zero attached hydrogens (tertiary/aromatic N) is 3. The highest BCUT2D eigenvalue weighted by Crippen LogP contribution is 2.27. The summed E-state index contributed by atoms with van der Waals surface area (Å²) in [6.07, 6.45) is 0.856. The molecule has 5 N–H and O–H groups in total. The summed E-state index contributed by atoms with van der Waals surface area (Å²) in [6.45, 7) is 6.16. The molecule has 0 unspecified atom stereocenters. The van der Waals surface area contributed by atoms with E-state index in [1.54, 1.807) is 0 Å². The molecular weight excluding hydrogens is 350 g/mol. The summed E-state index contributed by atoms with van der Waals surface area (Å²) < 4.78 is 0. The molecule has 0 aliphatic heterocycles. The van der Waals surface area contributed by atoms with Gasteiger partial charge in [0.1, 0.15) is 5.52 Å². The lowest BCUT2D eigenvalue weighted by molar-refractivity contribution is 0.815. The molecule has 8 heteroatoms. The first-order valence-corrected chi connectivity index (χ1v) is 9.14. The van der Waals surface area contributed by atoms with Crippen LogP contribution in [0, 0.1) is 0 Å². The number of aromatic amines is 1. The molecule has 0 saturated carbocycles. The molecule has 0 fully saturated rings. The molecule has 0 spiro atoms. The number of hydrogen-bond donors (Lipinski definition) is 4. The third-order valence-corrected chi connectivity index (χ3v) is 4.25. The monoisotopic (exact) mass is 373 g/mol. The Morgan fingerprint density at radius 1 is 1.19 bits per heavy atom. The molecule has 0 atom stereocenters. The Kier molecular flexibility index (Phi) is 5.90. The van der Waals surface area contributed by atoms with Gasteiger partial charge in [-0.05, 0) is 36.6 Å². The minimum absolute atomic E-state index is 0.285. The van der Waals surface area contributed by atoms with Gasteiger partial charge in [0.15, 0.2) is 11.3 Å². The lowest BCUT2D eigenvalue weighted by Gasteiger charge is -2.10. The van der Waals surface area contributed by atoms with E-state index in [2.05, 4.69) is 44.6 Å². The molecule has 0 aliphatic carbocycles. The van der Waals surface area contributed by atoms with Crippen LogP contribution in [0.1, 0.15) is 37.4 Å². The number of rotatable bonds is 8. The fourth-order valence-electron chi connectivity index (χ4n) is 2.66. The number of aromatic nitrogens is 4. The summed E-state index contributed by atoms with van der Waals surface area (Å²) in [5.74, 6) is 1.55. The molecule has 2 aromatic heterocycles. The number of hydrogen-bond acceptors (Lipinski definition) is 6. The maximum Gasteiger partial charge on any atom is 0.225 e. The van der Waals surface area contributed by atoms with E-state index in [0.29, 0.717) is 29.9 Å². The van der Waals surface area contributed by atoms with Crippen LogP contribution in [0.2, 0.25) is 5.02 Å². The van der Waals surface area contributed by atoms with Crippen molar-refractivity contribution in [2.45, 2.75) is 32.7 Å². The Balaban J connectivity index is 1.90. The van der Waals surface area contributed by atoms with Crippen molar-refractivity contribution in [2.24, 2.45) is 5.73 Å². The topological polar surface area (TPSA) is 105 Å². The zero-order chi connectivity index (χ0) is 18.5. The van der Waals surface area contributed by atoms with Crippen LogP contribution in [0.5, 0.6) is 0 Å². The van der Waals surface area contributed by atoms with E-state index < -0.39 is 0 Å². The number of fused-ring (bicyclic) bond motifs is 1. The fourth-order valence-corrected chi connectivity index (χ4v) is 2.87. The number of halogens is 1. The van der Waals surface area contributed by atoms with Gasteiger partial charge in [-0.15, -0.1) is 0 Å². The van der Waals surface area contributed by atoms with Gasteiger partial charge < -0.3 is 16.4 Å². The predicted molar refractivity (Wildman–Crippen MR) is 107 cm³/mol. The Labute approximate surface area is 157 Å². The summed E-state index contributed by atoms with van der Waals surface area (Å²) in [6, 6.07) is 7.73. The molecule has 138 valence electrons. The van der Waals surface area contributed by atoms with Crippen LogP contribution in [0.4, 0.5) is 11.8 Å². The van der Waals surface area contributed by atoms with Gasteiger partial charge in [-0.25, -0.2) is 4.98 Å². The van der Waals surface area contributed by atoms with Gasteiger partial charge in [0.2, 0.25) is 5.95 Å². The summed E-state index contributed by atoms with van der Waals surface area (Å²) >= 11 is 6.07. The van der Waals surface area contributed by atoms with Crippen molar-refractivity contribution in [3.05, 3.63) is 40.5 Å². The van der Waals surface area contributed by atoms with E-state index in [1.165, 1.54) is 0 Å². The highest BCUT2D eigenvalue weighted by Gasteiger charge is 2.16. The highest BCUT2D eigenvalue weighted by molar-refractivity contribution is 6.30. The maximum absolute atomic E-state index is 6.07. The van der Waals surface area contributed by atoms with E-state index in [0.717, 1.165) is 35.3 Å². The standard InChI is InChI=1S/C18H24ClN7/c1-11(2)14-15-16(26-25-14)17(24-18(23-15)21-8-4-7-20)22-10-12-5-3-6-13(19)9-12/h3,5-6,9,11H,4,7-8,10,20H2,1-2H3,(H,25,26)(H2,21,22,23,24). The van der Waals surface area contributed by atoms with Crippen molar-refractivity contribution >= 4 is 34.4 Å².